The Bertz CT molecular complexity index is 632. The van der Waals surface area contributed by atoms with E-state index in [4.69, 9.17) is 18.9 Å². The van der Waals surface area contributed by atoms with Gasteiger partial charge in [-0.3, -0.25) is 0 Å². The number of fused-ring (bicyclic) bond motifs is 1. The highest BCUT2D eigenvalue weighted by Gasteiger charge is 2.20. The highest BCUT2D eigenvalue weighted by atomic mass is 16.5. The Morgan fingerprint density at radius 1 is 1.10 bits per heavy atom. The molecule has 0 aliphatic heterocycles. The molecule has 0 unspecified atom stereocenters. The van der Waals surface area contributed by atoms with Gasteiger partial charge in [0, 0.05) is 5.39 Å². The van der Waals surface area contributed by atoms with Crippen LogP contribution >= 0.6 is 0 Å². The average Bonchev–Trinajstić information content (AvgIpc) is 2.88. The number of H-pyrrole nitrogens is 1. The Balaban J connectivity index is 2.64. The van der Waals surface area contributed by atoms with Crippen molar-refractivity contribution < 1.29 is 23.7 Å². The Morgan fingerprint density at radius 3 is 2.35 bits per heavy atom. The number of aromatic nitrogens is 1. The van der Waals surface area contributed by atoms with E-state index < -0.39 is 5.97 Å². The van der Waals surface area contributed by atoms with Crippen molar-refractivity contribution in [2.24, 2.45) is 0 Å². The summed E-state index contributed by atoms with van der Waals surface area (Å²) in [6.07, 6.45) is 0. The molecular formula is C14H17NO5. The van der Waals surface area contributed by atoms with Gasteiger partial charge in [0.2, 0.25) is 5.75 Å². The van der Waals surface area contributed by atoms with Crippen LogP contribution in [0, 0.1) is 0 Å². The highest BCUT2D eigenvalue weighted by Crippen LogP contribution is 2.43. The third-order valence-corrected chi connectivity index (χ3v) is 2.92. The number of nitrogens with one attached hydrogen (secondary N) is 1. The van der Waals surface area contributed by atoms with E-state index in [0.29, 0.717) is 35.1 Å². The SMILES string of the molecule is CCOC(=O)c1cc2cc(OC)c(OC)c(OC)c2[nH]1. The molecule has 0 amide bonds. The molecule has 0 radical (unpaired) electrons. The summed E-state index contributed by atoms with van der Waals surface area (Å²) in [6, 6.07) is 3.47. The molecule has 2 aromatic rings. The first-order chi connectivity index (χ1) is 9.65. The topological polar surface area (TPSA) is 69.8 Å². The monoisotopic (exact) mass is 279 g/mol. The Hall–Kier alpha value is -2.37. The summed E-state index contributed by atoms with van der Waals surface area (Å²) in [4.78, 5) is 14.8. The van der Waals surface area contributed by atoms with Crippen LogP contribution in [0.1, 0.15) is 17.4 Å². The minimum atomic E-state index is -0.413. The molecule has 0 saturated heterocycles. The lowest BCUT2D eigenvalue weighted by Crippen LogP contribution is -2.04. The minimum absolute atomic E-state index is 0.317. The van der Waals surface area contributed by atoms with E-state index in [-0.39, 0.29) is 0 Å². The predicted molar refractivity (Wildman–Crippen MR) is 73.9 cm³/mol. The van der Waals surface area contributed by atoms with Crippen molar-refractivity contribution in [1.82, 2.24) is 4.98 Å². The van der Waals surface area contributed by atoms with E-state index >= 15 is 0 Å². The second-order valence-corrected chi connectivity index (χ2v) is 4.01. The van der Waals surface area contributed by atoms with E-state index in [2.05, 4.69) is 4.98 Å². The van der Waals surface area contributed by atoms with Crippen LogP contribution in [-0.4, -0.2) is 38.9 Å². The second-order valence-electron chi connectivity index (χ2n) is 4.01. The number of hydrogen-bond acceptors (Lipinski definition) is 5. The van der Waals surface area contributed by atoms with Gasteiger partial charge in [-0.05, 0) is 19.1 Å². The van der Waals surface area contributed by atoms with Crippen molar-refractivity contribution in [2.45, 2.75) is 6.92 Å². The standard InChI is InChI=1S/C14H17NO5/c1-5-20-14(16)9-6-8-7-10(17-2)12(18-3)13(19-4)11(8)15-9/h6-7,15H,5H2,1-4H3. The molecule has 6 heteroatoms. The van der Waals surface area contributed by atoms with E-state index in [0.717, 1.165) is 5.39 Å². The van der Waals surface area contributed by atoms with Crippen LogP contribution in [0.3, 0.4) is 0 Å². The molecule has 2 rings (SSSR count). The van der Waals surface area contributed by atoms with Gasteiger partial charge in [-0.15, -0.1) is 0 Å². The summed E-state index contributed by atoms with van der Waals surface area (Å²) in [5.41, 5.74) is 1.02. The maximum absolute atomic E-state index is 11.8. The zero-order valence-corrected chi connectivity index (χ0v) is 11.9. The smallest absolute Gasteiger partial charge is 0.354 e. The number of aromatic amines is 1. The van der Waals surface area contributed by atoms with Crippen LogP contribution < -0.4 is 14.2 Å². The summed E-state index contributed by atoms with van der Waals surface area (Å²) < 4.78 is 20.9. The van der Waals surface area contributed by atoms with Crippen molar-refractivity contribution in [2.75, 3.05) is 27.9 Å². The maximum atomic E-state index is 11.8. The van der Waals surface area contributed by atoms with E-state index in [9.17, 15) is 4.79 Å². The molecule has 0 bridgehead atoms. The lowest BCUT2D eigenvalue weighted by Gasteiger charge is -2.12. The Morgan fingerprint density at radius 2 is 1.80 bits per heavy atom. The lowest BCUT2D eigenvalue weighted by atomic mass is 10.2. The molecule has 108 valence electrons. The van der Waals surface area contributed by atoms with Crippen molar-refractivity contribution in [3.8, 4) is 17.2 Å². The summed E-state index contributed by atoms with van der Waals surface area (Å²) in [5.74, 6) is 1.08. The largest absolute Gasteiger partial charge is 0.493 e. The lowest BCUT2D eigenvalue weighted by molar-refractivity contribution is 0.0520. The van der Waals surface area contributed by atoms with Gasteiger partial charge in [0.05, 0.1) is 33.5 Å². The van der Waals surface area contributed by atoms with Gasteiger partial charge in [0.15, 0.2) is 11.5 Å². The van der Waals surface area contributed by atoms with Gasteiger partial charge in [0.1, 0.15) is 5.69 Å². The van der Waals surface area contributed by atoms with Crippen molar-refractivity contribution in [3.63, 3.8) is 0 Å². The van der Waals surface area contributed by atoms with Crippen LogP contribution in [0.15, 0.2) is 12.1 Å². The van der Waals surface area contributed by atoms with Crippen molar-refractivity contribution in [3.05, 3.63) is 17.8 Å². The van der Waals surface area contributed by atoms with Crippen molar-refractivity contribution in [1.29, 1.82) is 0 Å². The second kappa shape index (κ2) is 5.73. The molecule has 6 nitrogen and oxygen atoms in total. The summed E-state index contributed by atoms with van der Waals surface area (Å²) in [6.45, 7) is 2.07. The zero-order valence-electron chi connectivity index (χ0n) is 11.9. The van der Waals surface area contributed by atoms with E-state index in [1.807, 2.05) is 0 Å². The molecule has 1 aromatic carbocycles. The van der Waals surface area contributed by atoms with Gasteiger partial charge in [0.25, 0.3) is 0 Å². The fourth-order valence-corrected chi connectivity index (χ4v) is 2.06. The van der Waals surface area contributed by atoms with E-state index in [1.54, 1.807) is 26.2 Å². The molecule has 1 heterocycles. The normalized spacial score (nSPS) is 10.4. The highest BCUT2D eigenvalue weighted by molar-refractivity contribution is 5.98. The summed E-state index contributed by atoms with van der Waals surface area (Å²) in [7, 11) is 4.60. The Labute approximate surface area is 116 Å². The van der Waals surface area contributed by atoms with Crippen LogP contribution in [0.4, 0.5) is 0 Å². The average molecular weight is 279 g/mol. The molecular weight excluding hydrogens is 262 g/mol. The first kappa shape index (κ1) is 14.0. The van der Waals surface area contributed by atoms with Crippen molar-refractivity contribution >= 4 is 16.9 Å². The van der Waals surface area contributed by atoms with Crippen LogP contribution in [-0.2, 0) is 4.74 Å². The van der Waals surface area contributed by atoms with Crippen LogP contribution in [0.25, 0.3) is 10.9 Å². The number of esters is 1. The predicted octanol–water partition coefficient (Wildman–Crippen LogP) is 2.37. The van der Waals surface area contributed by atoms with Gasteiger partial charge >= 0.3 is 5.97 Å². The number of rotatable bonds is 5. The number of hydrogen-bond donors (Lipinski definition) is 1. The molecule has 1 N–H and O–H groups in total. The molecule has 0 aliphatic rings. The molecule has 1 aromatic heterocycles. The fraction of sp³-hybridized carbons (Fsp3) is 0.357. The molecule has 0 atom stereocenters. The number of benzene rings is 1. The van der Waals surface area contributed by atoms with Gasteiger partial charge in [-0.1, -0.05) is 0 Å². The number of ether oxygens (including phenoxy) is 4. The Kier molecular flexibility index (Phi) is 4.02. The van der Waals surface area contributed by atoms with Crippen LogP contribution in [0.2, 0.25) is 0 Å². The third-order valence-electron chi connectivity index (χ3n) is 2.92. The summed E-state index contributed by atoms with van der Waals surface area (Å²) >= 11 is 0. The molecule has 0 saturated carbocycles. The zero-order chi connectivity index (χ0) is 14.7. The molecule has 0 fully saturated rings. The fourth-order valence-electron chi connectivity index (χ4n) is 2.06. The minimum Gasteiger partial charge on any atom is -0.493 e. The first-order valence-electron chi connectivity index (χ1n) is 6.15. The summed E-state index contributed by atoms with van der Waals surface area (Å²) in [5, 5.41) is 0.780. The van der Waals surface area contributed by atoms with Gasteiger partial charge < -0.3 is 23.9 Å². The number of methoxy groups -OCH3 is 3. The van der Waals surface area contributed by atoms with Crippen LogP contribution in [0.5, 0.6) is 17.2 Å². The molecule has 20 heavy (non-hydrogen) atoms. The first-order valence-corrected chi connectivity index (χ1v) is 6.15. The quantitative estimate of drug-likeness (QED) is 0.851. The molecule has 0 spiro atoms. The molecule has 0 aliphatic carbocycles. The third kappa shape index (κ3) is 2.24. The maximum Gasteiger partial charge on any atom is 0.354 e. The van der Waals surface area contributed by atoms with Gasteiger partial charge in [-0.25, -0.2) is 4.79 Å². The number of carbonyl (C=O) groups is 1. The van der Waals surface area contributed by atoms with E-state index in [1.165, 1.54) is 14.2 Å². The number of carbonyl (C=O) groups excluding carboxylic acids is 1. The van der Waals surface area contributed by atoms with Gasteiger partial charge in [-0.2, -0.15) is 0 Å².